The fraction of sp³-hybridized carbons (Fsp3) is 0.548. The summed E-state index contributed by atoms with van der Waals surface area (Å²) in [4.78, 5) is 26.5. The summed E-state index contributed by atoms with van der Waals surface area (Å²) in [6.45, 7) is 9.04. The first-order valence-electron chi connectivity index (χ1n) is 14.0. The minimum Gasteiger partial charge on any atom is -0.485 e. The van der Waals surface area contributed by atoms with Gasteiger partial charge in [0, 0.05) is 12.0 Å². The molecule has 0 saturated heterocycles. The number of rotatable bonds is 11. The lowest BCUT2D eigenvalue weighted by Crippen LogP contribution is -2.70. The van der Waals surface area contributed by atoms with Crippen molar-refractivity contribution >= 4 is 11.9 Å². The van der Waals surface area contributed by atoms with E-state index in [1.165, 1.54) is 12.8 Å². The smallest absolute Gasteiger partial charge is 0.485 e. The number of Topliss-reactive ketones (excluding diaryl/α,β-unsaturated/α-hetero) is 1. The van der Waals surface area contributed by atoms with Crippen LogP contribution in [0.2, 0.25) is 0 Å². The second-order valence-corrected chi connectivity index (χ2v) is 10.8. The second kappa shape index (κ2) is 10.6. The van der Waals surface area contributed by atoms with Crippen LogP contribution in [-0.2, 0) is 32.7 Å². The third-order valence-electron chi connectivity index (χ3n) is 8.66. The van der Waals surface area contributed by atoms with E-state index in [2.05, 4.69) is 11.4 Å². The zero-order valence-corrected chi connectivity index (χ0v) is 22.9. The highest BCUT2D eigenvalue weighted by atomic mass is 16.7. The van der Waals surface area contributed by atoms with Crippen LogP contribution in [0.4, 0.5) is 4.79 Å². The molecule has 38 heavy (non-hydrogen) atoms. The first-order chi connectivity index (χ1) is 18.4. The topological polar surface area (TPSA) is 83.1 Å². The van der Waals surface area contributed by atoms with Crippen LogP contribution < -0.4 is 14.8 Å². The van der Waals surface area contributed by atoms with Crippen LogP contribution >= 0.6 is 0 Å². The van der Waals surface area contributed by atoms with E-state index in [1.807, 2.05) is 57.2 Å². The van der Waals surface area contributed by atoms with Crippen molar-refractivity contribution in [2.75, 3.05) is 13.2 Å². The molecule has 0 aromatic heterocycles. The van der Waals surface area contributed by atoms with Gasteiger partial charge in [0.15, 0.2) is 23.4 Å². The molecule has 2 aromatic rings. The van der Waals surface area contributed by atoms with Crippen molar-refractivity contribution in [1.29, 1.82) is 0 Å². The summed E-state index contributed by atoms with van der Waals surface area (Å²) >= 11 is 0. The van der Waals surface area contributed by atoms with Gasteiger partial charge in [-0.25, -0.2) is 4.79 Å². The van der Waals surface area contributed by atoms with Gasteiger partial charge < -0.3 is 24.3 Å². The molecule has 0 spiro atoms. The molecule has 4 atom stereocenters. The van der Waals surface area contributed by atoms with Crippen LogP contribution in [0.25, 0.3) is 0 Å². The average molecular weight is 522 g/mol. The van der Waals surface area contributed by atoms with Gasteiger partial charge in [-0.15, -0.1) is 0 Å². The molecule has 1 N–H and O–H groups in total. The van der Waals surface area contributed by atoms with Gasteiger partial charge >= 0.3 is 6.16 Å². The van der Waals surface area contributed by atoms with E-state index in [-0.39, 0.29) is 18.4 Å². The summed E-state index contributed by atoms with van der Waals surface area (Å²) in [5.41, 5.74) is 1.07. The van der Waals surface area contributed by atoms with Gasteiger partial charge in [-0.05, 0) is 69.2 Å². The highest BCUT2D eigenvalue weighted by Crippen LogP contribution is 2.61. The molecular weight excluding hydrogens is 482 g/mol. The predicted octanol–water partition coefficient (Wildman–Crippen LogP) is 5.51. The number of carbonyl (C=O) groups excluding carboxylic acids is 2. The van der Waals surface area contributed by atoms with E-state index in [0.717, 1.165) is 23.2 Å². The molecule has 3 aliphatic rings. The standard InChI is InChI=1S/C31H39NO6/c1-5-23(33)28-31(6-2)26-22(15-16-24(27(26)37-28)36-19-21-11-9-8-10-12-21)17-25(32-18-20-13-14-20)30(31,4)38-29(34)35-7-3/h8-12,15-16,20,25,28,32H,5-7,13-14,17-19H2,1-4H3/t25-,28+,30-,31+/m1/s1. The number of nitrogens with one attached hydrogen (secondary N) is 1. The fourth-order valence-corrected chi connectivity index (χ4v) is 6.43. The molecule has 0 radical (unpaired) electrons. The van der Waals surface area contributed by atoms with Crippen molar-refractivity contribution < 1.29 is 28.5 Å². The van der Waals surface area contributed by atoms with Crippen LogP contribution in [0, 0.1) is 5.92 Å². The minimum absolute atomic E-state index is 0.0236. The van der Waals surface area contributed by atoms with Gasteiger partial charge in [-0.3, -0.25) is 4.79 Å². The number of hydrogen-bond donors (Lipinski definition) is 1. The maximum Gasteiger partial charge on any atom is 0.508 e. The second-order valence-electron chi connectivity index (χ2n) is 10.8. The Morgan fingerprint density at radius 2 is 1.84 bits per heavy atom. The third-order valence-corrected chi connectivity index (χ3v) is 8.66. The van der Waals surface area contributed by atoms with E-state index < -0.39 is 23.3 Å². The van der Waals surface area contributed by atoms with Gasteiger partial charge in [-0.2, -0.15) is 0 Å². The number of ether oxygens (including phenoxy) is 4. The van der Waals surface area contributed by atoms with Gasteiger partial charge in [0.25, 0.3) is 0 Å². The molecule has 7 nitrogen and oxygen atoms in total. The predicted molar refractivity (Wildman–Crippen MR) is 144 cm³/mol. The van der Waals surface area contributed by atoms with Crippen LogP contribution in [0.3, 0.4) is 0 Å². The molecule has 0 amide bonds. The first kappa shape index (κ1) is 26.5. The Hall–Kier alpha value is -3.06. The molecule has 5 rings (SSSR count). The lowest BCUT2D eigenvalue weighted by molar-refractivity contribution is -0.144. The average Bonchev–Trinajstić information content (AvgIpc) is 3.68. The lowest BCUT2D eigenvalue weighted by atomic mass is 9.55. The maximum absolute atomic E-state index is 13.6. The summed E-state index contributed by atoms with van der Waals surface area (Å²) in [5, 5.41) is 3.72. The van der Waals surface area contributed by atoms with Crippen LogP contribution in [-0.4, -0.2) is 42.8 Å². The number of benzene rings is 2. The normalized spacial score (nSPS) is 27.3. The Bertz CT molecular complexity index is 1180. The van der Waals surface area contributed by atoms with Crippen molar-refractivity contribution in [3.05, 3.63) is 59.2 Å². The monoisotopic (exact) mass is 521 g/mol. The molecule has 1 heterocycles. The molecule has 204 valence electrons. The van der Waals surface area contributed by atoms with Gasteiger partial charge in [0.05, 0.1) is 18.1 Å². The van der Waals surface area contributed by atoms with Crippen LogP contribution in [0.15, 0.2) is 42.5 Å². The number of carbonyl (C=O) groups is 2. The molecule has 1 fully saturated rings. The Morgan fingerprint density at radius 1 is 1.08 bits per heavy atom. The Kier molecular flexibility index (Phi) is 7.40. The van der Waals surface area contributed by atoms with Crippen molar-refractivity contribution in [3.8, 4) is 11.5 Å². The van der Waals surface area contributed by atoms with Crippen molar-refractivity contribution in [2.24, 2.45) is 5.92 Å². The minimum atomic E-state index is -1.09. The summed E-state index contributed by atoms with van der Waals surface area (Å²) in [6.07, 6.45) is 2.37. The summed E-state index contributed by atoms with van der Waals surface area (Å²) in [5.74, 6) is 1.80. The number of ketones is 1. The summed E-state index contributed by atoms with van der Waals surface area (Å²) < 4.78 is 24.4. The van der Waals surface area contributed by atoms with Crippen molar-refractivity contribution in [3.63, 3.8) is 0 Å². The Balaban J connectivity index is 1.62. The molecule has 2 aromatic carbocycles. The van der Waals surface area contributed by atoms with Crippen molar-refractivity contribution in [1.82, 2.24) is 5.32 Å². The van der Waals surface area contributed by atoms with E-state index in [9.17, 15) is 9.59 Å². The maximum atomic E-state index is 13.6. The quantitative estimate of drug-likeness (QED) is 0.391. The van der Waals surface area contributed by atoms with E-state index in [0.29, 0.717) is 43.3 Å². The SMILES string of the molecule is CCOC(=O)O[C@]1(C)[C@H](NCC2CC2)Cc2ccc(OCc3ccccc3)c3c2[C@@]1(CC)[C@H](C(=O)CC)O3. The highest BCUT2D eigenvalue weighted by molar-refractivity contribution is 5.88. The molecular formula is C31H39NO6. The Labute approximate surface area is 225 Å². The zero-order valence-electron chi connectivity index (χ0n) is 22.9. The van der Waals surface area contributed by atoms with Crippen LogP contribution in [0.1, 0.15) is 70.1 Å². The van der Waals surface area contributed by atoms with E-state index >= 15 is 0 Å². The molecule has 0 unspecified atom stereocenters. The Morgan fingerprint density at radius 3 is 2.50 bits per heavy atom. The molecule has 1 saturated carbocycles. The molecule has 2 aliphatic carbocycles. The first-order valence-corrected chi connectivity index (χ1v) is 14.0. The van der Waals surface area contributed by atoms with Gasteiger partial charge in [-0.1, -0.05) is 50.2 Å². The highest BCUT2D eigenvalue weighted by Gasteiger charge is 2.69. The largest absolute Gasteiger partial charge is 0.508 e. The van der Waals surface area contributed by atoms with E-state index in [1.54, 1.807) is 6.92 Å². The molecule has 7 heteroatoms. The zero-order chi connectivity index (χ0) is 26.9. The number of hydrogen-bond acceptors (Lipinski definition) is 7. The van der Waals surface area contributed by atoms with Gasteiger partial charge in [0.1, 0.15) is 12.2 Å². The summed E-state index contributed by atoms with van der Waals surface area (Å²) in [7, 11) is 0. The van der Waals surface area contributed by atoms with Gasteiger partial charge in [0.2, 0.25) is 0 Å². The summed E-state index contributed by atoms with van der Waals surface area (Å²) in [6, 6.07) is 13.8. The van der Waals surface area contributed by atoms with E-state index in [4.69, 9.17) is 18.9 Å². The van der Waals surface area contributed by atoms with Crippen LogP contribution in [0.5, 0.6) is 11.5 Å². The molecule has 0 bridgehead atoms. The molecule has 1 aliphatic heterocycles. The lowest BCUT2D eigenvalue weighted by Gasteiger charge is -2.54. The third kappa shape index (κ3) is 4.45. The van der Waals surface area contributed by atoms with Crippen molar-refractivity contribution in [2.45, 2.75) is 89.6 Å². The fourth-order valence-electron chi connectivity index (χ4n) is 6.43.